The van der Waals surface area contributed by atoms with Gasteiger partial charge in [0.15, 0.2) is 6.61 Å². The van der Waals surface area contributed by atoms with Crippen LogP contribution >= 0.6 is 0 Å². The molecule has 8 heteroatoms. The lowest BCUT2D eigenvalue weighted by Crippen LogP contribution is -2.22. The van der Waals surface area contributed by atoms with E-state index in [1.165, 1.54) is 6.92 Å². The highest BCUT2D eigenvalue weighted by Gasteiger charge is 2.15. The number of benzene rings is 2. The van der Waals surface area contributed by atoms with Crippen LogP contribution in [0, 0.1) is 0 Å². The van der Waals surface area contributed by atoms with E-state index < -0.39 is 24.0 Å². The largest absolute Gasteiger partial charge is 0.452 e. The molecule has 0 aliphatic heterocycles. The summed E-state index contributed by atoms with van der Waals surface area (Å²) >= 11 is 0. The van der Waals surface area contributed by atoms with Crippen LogP contribution in [0.1, 0.15) is 17.3 Å². The van der Waals surface area contributed by atoms with Gasteiger partial charge in [0.25, 0.3) is 5.91 Å². The van der Waals surface area contributed by atoms with Gasteiger partial charge in [-0.3, -0.25) is 14.4 Å². The molecule has 0 aliphatic carbocycles. The lowest BCUT2D eigenvalue weighted by molar-refractivity contribution is -0.119. The number of hydrogen-bond acceptors (Lipinski definition) is 5. The molecule has 2 aromatic carbocycles. The van der Waals surface area contributed by atoms with E-state index in [1.807, 2.05) is 0 Å². The number of carbonyl (C=O) groups is 3. The topological polar surface area (TPSA) is 117 Å². The Morgan fingerprint density at radius 2 is 1.61 bits per heavy atom. The van der Waals surface area contributed by atoms with Gasteiger partial charge in [0.2, 0.25) is 11.5 Å². The van der Waals surface area contributed by atoms with Crippen LogP contribution in [0.2, 0.25) is 0 Å². The van der Waals surface area contributed by atoms with E-state index in [-0.39, 0.29) is 11.5 Å². The maximum Gasteiger partial charge on any atom is 0.339 e. The van der Waals surface area contributed by atoms with Crippen molar-refractivity contribution in [2.45, 2.75) is 6.92 Å². The number of aromatic nitrogens is 1. The lowest BCUT2D eigenvalue weighted by Gasteiger charge is -2.09. The first kappa shape index (κ1) is 18.8. The second kappa shape index (κ2) is 8.17. The molecule has 0 saturated carbocycles. The van der Waals surface area contributed by atoms with Crippen molar-refractivity contribution in [3.8, 4) is 0 Å². The average molecular weight is 379 g/mol. The summed E-state index contributed by atoms with van der Waals surface area (Å²) in [5.41, 5.74) is 1.24. The van der Waals surface area contributed by atoms with E-state index in [4.69, 9.17) is 4.74 Å². The summed E-state index contributed by atoms with van der Waals surface area (Å²) in [6.07, 6.45) is 0. The molecule has 1 aromatic heterocycles. The molecular weight excluding hydrogens is 362 g/mol. The summed E-state index contributed by atoms with van der Waals surface area (Å²) < 4.78 is 5.04. The van der Waals surface area contributed by atoms with Crippen molar-refractivity contribution in [1.29, 1.82) is 0 Å². The maximum absolute atomic E-state index is 12.3. The third kappa shape index (κ3) is 4.61. The minimum Gasteiger partial charge on any atom is -0.452 e. The fourth-order valence-electron chi connectivity index (χ4n) is 2.62. The number of carbonyl (C=O) groups excluding carboxylic acids is 3. The lowest BCUT2D eigenvalue weighted by atomic mass is 10.1. The van der Waals surface area contributed by atoms with Crippen molar-refractivity contribution in [3.63, 3.8) is 0 Å². The fourth-order valence-corrected chi connectivity index (χ4v) is 2.62. The number of H-pyrrole nitrogens is 1. The van der Waals surface area contributed by atoms with Crippen LogP contribution in [0.3, 0.4) is 0 Å². The summed E-state index contributed by atoms with van der Waals surface area (Å²) in [7, 11) is 0. The van der Waals surface area contributed by atoms with E-state index in [2.05, 4.69) is 15.6 Å². The molecule has 142 valence electrons. The Balaban J connectivity index is 1.63. The number of esters is 1. The van der Waals surface area contributed by atoms with Crippen LogP contribution in [0.15, 0.2) is 59.4 Å². The third-order valence-electron chi connectivity index (χ3n) is 3.79. The monoisotopic (exact) mass is 379 g/mol. The third-order valence-corrected chi connectivity index (χ3v) is 3.79. The molecule has 0 atom stereocenters. The highest BCUT2D eigenvalue weighted by Crippen LogP contribution is 2.16. The Kier molecular flexibility index (Phi) is 5.50. The number of anilines is 2. The number of nitrogens with one attached hydrogen (secondary N) is 3. The first-order valence-corrected chi connectivity index (χ1v) is 8.39. The van der Waals surface area contributed by atoms with Gasteiger partial charge >= 0.3 is 5.97 Å². The van der Waals surface area contributed by atoms with E-state index in [0.717, 1.165) is 6.07 Å². The molecule has 2 amide bonds. The van der Waals surface area contributed by atoms with E-state index in [0.29, 0.717) is 22.3 Å². The minimum absolute atomic E-state index is 0.0896. The zero-order valence-electron chi connectivity index (χ0n) is 14.9. The second-order valence-electron chi connectivity index (χ2n) is 5.98. The van der Waals surface area contributed by atoms with Gasteiger partial charge in [0.1, 0.15) is 0 Å². The van der Waals surface area contributed by atoms with Gasteiger partial charge in [-0.05, 0) is 30.3 Å². The molecule has 0 bridgehead atoms. The molecule has 1 heterocycles. The number of para-hydroxylation sites is 1. The van der Waals surface area contributed by atoms with Crippen molar-refractivity contribution in [2.75, 3.05) is 17.2 Å². The summed E-state index contributed by atoms with van der Waals surface area (Å²) in [6, 6.07) is 14.4. The molecule has 3 N–H and O–H groups in total. The normalized spacial score (nSPS) is 10.3. The first-order chi connectivity index (χ1) is 13.4. The molecular formula is C20H17N3O5. The molecule has 8 nitrogen and oxygen atoms in total. The van der Waals surface area contributed by atoms with Crippen LogP contribution in [0.25, 0.3) is 10.9 Å². The molecule has 0 saturated heterocycles. The van der Waals surface area contributed by atoms with Gasteiger partial charge in [-0.1, -0.05) is 18.2 Å². The zero-order valence-corrected chi connectivity index (χ0v) is 14.9. The predicted octanol–water partition coefficient (Wildman–Crippen LogP) is 2.28. The number of hydrogen-bond donors (Lipinski definition) is 3. The molecule has 0 fully saturated rings. The SMILES string of the molecule is CC(=O)Nc1ccc(NC(=O)COC(=O)c2cc(=O)[nH]c3ccccc23)cc1. The molecule has 0 aliphatic rings. The van der Waals surface area contributed by atoms with E-state index in [9.17, 15) is 19.2 Å². The Labute approximate surface area is 159 Å². The van der Waals surface area contributed by atoms with Crippen LogP contribution in [0.5, 0.6) is 0 Å². The van der Waals surface area contributed by atoms with Gasteiger partial charge in [-0.25, -0.2) is 4.79 Å². The molecule has 3 aromatic rings. The van der Waals surface area contributed by atoms with Gasteiger partial charge in [-0.2, -0.15) is 0 Å². The summed E-state index contributed by atoms with van der Waals surface area (Å²) in [4.78, 5) is 49.7. The molecule has 0 unspecified atom stereocenters. The van der Waals surface area contributed by atoms with Gasteiger partial charge in [0.05, 0.1) is 5.56 Å². The summed E-state index contributed by atoms with van der Waals surface area (Å²) in [6.45, 7) is 0.890. The minimum atomic E-state index is -0.765. The Bertz CT molecular complexity index is 1100. The predicted molar refractivity (Wildman–Crippen MR) is 104 cm³/mol. The van der Waals surface area contributed by atoms with Gasteiger partial charge < -0.3 is 20.4 Å². The van der Waals surface area contributed by atoms with Crippen molar-refractivity contribution >= 4 is 40.1 Å². The van der Waals surface area contributed by atoms with Crippen molar-refractivity contribution in [1.82, 2.24) is 4.98 Å². The van der Waals surface area contributed by atoms with Crippen molar-refractivity contribution in [3.05, 3.63) is 70.5 Å². The highest BCUT2D eigenvalue weighted by atomic mass is 16.5. The quantitative estimate of drug-likeness (QED) is 0.588. The van der Waals surface area contributed by atoms with Crippen molar-refractivity contribution in [2.24, 2.45) is 0 Å². The number of rotatable bonds is 5. The standard InChI is InChI=1S/C20H17N3O5/c1-12(24)21-13-6-8-14(9-7-13)22-19(26)11-28-20(27)16-10-18(25)23-17-5-3-2-4-15(16)17/h2-10H,11H2,1H3,(H,21,24)(H,22,26)(H,23,25). The van der Waals surface area contributed by atoms with Crippen LogP contribution in [0.4, 0.5) is 11.4 Å². The Morgan fingerprint density at radius 1 is 0.964 bits per heavy atom. The Morgan fingerprint density at radius 3 is 2.29 bits per heavy atom. The number of fused-ring (bicyclic) bond motifs is 1. The number of amides is 2. The zero-order chi connectivity index (χ0) is 20.1. The average Bonchev–Trinajstić information content (AvgIpc) is 2.66. The number of ether oxygens (including phenoxy) is 1. The van der Waals surface area contributed by atoms with E-state index in [1.54, 1.807) is 48.5 Å². The van der Waals surface area contributed by atoms with Crippen LogP contribution < -0.4 is 16.2 Å². The number of aromatic amines is 1. The maximum atomic E-state index is 12.3. The first-order valence-electron chi connectivity index (χ1n) is 8.39. The molecule has 0 spiro atoms. The van der Waals surface area contributed by atoms with Crippen LogP contribution in [-0.4, -0.2) is 29.4 Å². The van der Waals surface area contributed by atoms with E-state index >= 15 is 0 Å². The summed E-state index contributed by atoms with van der Waals surface area (Å²) in [5.74, 6) is -1.50. The van der Waals surface area contributed by atoms with Gasteiger partial charge in [0, 0.05) is 35.3 Å². The highest BCUT2D eigenvalue weighted by molar-refractivity contribution is 6.04. The smallest absolute Gasteiger partial charge is 0.339 e. The van der Waals surface area contributed by atoms with Crippen LogP contribution in [-0.2, 0) is 14.3 Å². The molecule has 3 rings (SSSR count). The number of pyridine rings is 1. The molecule has 0 radical (unpaired) electrons. The Hall–Kier alpha value is -3.94. The molecule has 28 heavy (non-hydrogen) atoms. The second-order valence-corrected chi connectivity index (χ2v) is 5.98. The van der Waals surface area contributed by atoms with Gasteiger partial charge in [-0.15, -0.1) is 0 Å². The van der Waals surface area contributed by atoms with Crippen molar-refractivity contribution < 1.29 is 19.1 Å². The summed E-state index contributed by atoms with van der Waals surface area (Å²) in [5, 5.41) is 5.72. The fraction of sp³-hybridized carbons (Fsp3) is 0.100.